The second kappa shape index (κ2) is 5.15. The third-order valence-electron chi connectivity index (χ3n) is 2.54. The van der Waals surface area contributed by atoms with Crippen molar-refractivity contribution >= 4 is 23.2 Å². The van der Waals surface area contributed by atoms with Gasteiger partial charge in [-0.2, -0.15) is 0 Å². The van der Waals surface area contributed by atoms with Crippen LogP contribution in [0.15, 0.2) is 0 Å². The van der Waals surface area contributed by atoms with E-state index in [1.807, 2.05) is 20.8 Å². The summed E-state index contributed by atoms with van der Waals surface area (Å²) in [6.07, 6.45) is 0. The van der Waals surface area contributed by atoms with E-state index in [1.165, 1.54) is 0 Å². The van der Waals surface area contributed by atoms with Crippen molar-refractivity contribution in [2.75, 3.05) is 14.2 Å². The van der Waals surface area contributed by atoms with Crippen molar-refractivity contribution in [3.8, 4) is 11.5 Å². The highest BCUT2D eigenvalue weighted by Crippen LogP contribution is 2.46. The maximum atomic E-state index is 6.28. The van der Waals surface area contributed by atoms with Gasteiger partial charge in [-0.1, -0.05) is 37.0 Å². The summed E-state index contributed by atoms with van der Waals surface area (Å²) in [4.78, 5) is 0. The van der Waals surface area contributed by atoms with Gasteiger partial charge in [0.15, 0.2) is 0 Å². The second-order valence-corrected chi connectivity index (χ2v) is 4.64. The van der Waals surface area contributed by atoms with Gasteiger partial charge in [-0.3, -0.25) is 0 Å². The van der Waals surface area contributed by atoms with E-state index in [0.717, 1.165) is 11.1 Å². The Morgan fingerprint density at radius 2 is 1.31 bits per heavy atom. The molecule has 0 bridgehead atoms. The Labute approximate surface area is 106 Å². The Balaban J connectivity index is 3.63. The lowest BCUT2D eigenvalue weighted by atomic mass is 10.00. The van der Waals surface area contributed by atoms with Crippen LogP contribution < -0.4 is 9.47 Å². The minimum absolute atomic E-state index is 0.211. The summed E-state index contributed by atoms with van der Waals surface area (Å²) >= 11 is 12.6. The molecule has 0 fully saturated rings. The molecule has 0 aliphatic heterocycles. The van der Waals surface area contributed by atoms with Gasteiger partial charge in [0.2, 0.25) is 0 Å². The van der Waals surface area contributed by atoms with Gasteiger partial charge in [0.1, 0.15) is 11.5 Å². The molecule has 0 heterocycles. The van der Waals surface area contributed by atoms with Crippen LogP contribution in [-0.4, -0.2) is 14.2 Å². The number of hydrogen-bond donors (Lipinski definition) is 0. The monoisotopic (exact) mass is 262 g/mol. The number of halogens is 2. The molecule has 16 heavy (non-hydrogen) atoms. The van der Waals surface area contributed by atoms with Crippen LogP contribution in [0.3, 0.4) is 0 Å². The predicted molar refractivity (Wildman–Crippen MR) is 68.4 cm³/mol. The molecule has 2 nitrogen and oxygen atoms in total. The van der Waals surface area contributed by atoms with Gasteiger partial charge in [-0.15, -0.1) is 0 Å². The van der Waals surface area contributed by atoms with Crippen molar-refractivity contribution in [3.63, 3.8) is 0 Å². The molecule has 1 aromatic carbocycles. The zero-order valence-electron chi connectivity index (χ0n) is 10.1. The van der Waals surface area contributed by atoms with Crippen molar-refractivity contribution in [1.82, 2.24) is 0 Å². The summed E-state index contributed by atoms with van der Waals surface area (Å²) in [5, 5.41) is 1.14. The lowest BCUT2D eigenvalue weighted by Crippen LogP contribution is -2.00. The van der Waals surface area contributed by atoms with Crippen LogP contribution in [0.4, 0.5) is 0 Å². The molecule has 0 saturated heterocycles. The van der Waals surface area contributed by atoms with Crippen molar-refractivity contribution < 1.29 is 9.47 Å². The molecule has 1 rings (SSSR count). The highest BCUT2D eigenvalue weighted by atomic mass is 35.5. The number of ether oxygens (including phenoxy) is 2. The zero-order valence-corrected chi connectivity index (χ0v) is 11.7. The fourth-order valence-corrected chi connectivity index (χ4v) is 2.88. The fourth-order valence-electron chi connectivity index (χ4n) is 1.77. The average Bonchev–Trinajstić information content (AvgIpc) is 2.18. The van der Waals surface area contributed by atoms with Crippen LogP contribution in [0, 0.1) is 6.92 Å². The van der Waals surface area contributed by atoms with E-state index in [1.54, 1.807) is 14.2 Å². The summed E-state index contributed by atoms with van der Waals surface area (Å²) in [6.45, 7) is 5.93. The average molecular weight is 263 g/mol. The molecular weight excluding hydrogens is 247 g/mol. The third kappa shape index (κ3) is 2.09. The molecule has 90 valence electrons. The van der Waals surface area contributed by atoms with Gasteiger partial charge in [0.05, 0.1) is 24.3 Å². The van der Waals surface area contributed by atoms with Crippen molar-refractivity contribution in [3.05, 3.63) is 21.2 Å². The Bertz CT molecular complexity index is 369. The van der Waals surface area contributed by atoms with E-state index in [4.69, 9.17) is 32.7 Å². The van der Waals surface area contributed by atoms with E-state index in [2.05, 4.69) is 0 Å². The molecule has 0 radical (unpaired) electrons. The number of hydrogen-bond acceptors (Lipinski definition) is 2. The molecule has 4 heteroatoms. The molecule has 0 N–H and O–H groups in total. The van der Waals surface area contributed by atoms with Crippen molar-refractivity contribution in [2.45, 2.75) is 26.7 Å². The Kier molecular flexibility index (Phi) is 4.34. The summed E-state index contributed by atoms with van der Waals surface area (Å²) in [7, 11) is 3.18. The molecule has 0 atom stereocenters. The lowest BCUT2D eigenvalue weighted by Gasteiger charge is -2.19. The first-order valence-electron chi connectivity index (χ1n) is 5.05. The van der Waals surface area contributed by atoms with Crippen LogP contribution in [-0.2, 0) is 0 Å². The van der Waals surface area contributed by atoms with Crippen LogP contribution in [0.25, 0.3) is 0 Å². The first-order valence-corrected chi connectivity index (χ1v) is 5.80. The van der Waals surface area contributed by atoms with Crippen LogP contribution in [0.5, 0.6) is 11.5 Å². The van der Waals surface area contributed by atoms with Gasteiger partial charge < -0.3 is 9.47 Å². The van der Waals surface area contributed by atoms with E-state index in [0.29, 0.717) is 21.5 Å². The predicted octanol–water partition coefficient (Wildman–Crippen LogP) is 4.44. The maximum Gasteiger partial charge on any atom is 0.144 e. The van der Waals surface area contributed by atoms with E-state index >= 15 is 0 Å². The molecule has 0 aliphatic rings. The van der Waals surface area contributed by atoms with Crippen molar-refractivity contribution in [1.29, 1.82) is 0 Å². The first kappa shape index (κ1) is 13.5. The van der Waals surface area contributed by atoms with Gasteiger partial charge in [-0.05, 0) is 18.4 Å². The molecular formula is C12H16Cl2O2. The topological polar surface area (TPSA) is 18.5 Å². The first-order chi connectivity index (χ1) is 7.45. The SMILES string of the molecule is COc1c(C)c(OC)c(Cl)c(C(C)C)c1Cl. The van der Waals surface area contributed by atoms with E-state index in [9.17, 15) is 0 Å². The summed E-state index contributed by atoms with van der Waals surface area (Å²) in [6, 6.07) is 0. The van der Waals surface area contributed by atoms with Crippen LogP contribution in [0.2, 0.25) is 10.0 Å². The van der Waals surface area contributed by atoms with Gasteiger partial charge in [0.25, 0.3) is 0 Å². The van der Waals surface area contributed by atoms with Gasteiger partial charge in [0, 0.05) is 5.56 Å². The molecule has 0 spiro atoms. The van der Waals surface area contributed by atoms with E-state index < -0.39 is 0 Å². The zero-order chi connectivity index (χ0) is 12.5. The summed E-state index contributed by atoms with van der Waals surface area (Å²) in [5.74, 6) is 1.47. The number of benzene rings is 1. The second-order valence-electron chi connectivity index (χ2n) is 3.89. The summed E-state index contributed by atoms with van der Waals surface area (Å²) < 4.78 is 10.6. The van der Waals surface area contributed by atoms with Crippen LogP contribution >= 0.6 is 23.2 Å². The Morgan fingerprint density at radius 3 is 1.56 bits per heavy atom. The Morgan fingerprint density at radius 1 is 0.938 bits per heavy atom. The third-order valence-corrected chi connectivity index (χ3v) is 3.29. The molecule has 0 saturated carbocycles. The molecule has 1 aromatic rings. The minimum Gasteiger partial charge on any atom is -0.495 e. The van der Waals surface area contributed by atoms with Crippen LogP contribution in [0.1, 0.15) is 30.9 Å². The highest BCUT2D eigenvalue weighted by molar-refractivity contribution is 6.38. The lowest BCUT2D eigenvalue weighted by molar-refractivity contribution is 0.388. The normalized spacial score (nSPS) is 10.8. The Hall–Kier alpha value is -0.600. The smallest absolute Gasteiger partial charge is 0.144 e. The highest BCUT2D eigenvalue weighted by Gasteiger charge is 2.22. The summed E-state index contributed by atoms with van der Waals surface area (Å²) in [5.41, 5.74) is 1.69. The molecule has 0 aromatic heterocycles. The van der Waals surface area contributed by atoms with Gasteiger partial charge >= 0.3 is 0 Å². The standard InChI is InChI=1S/C12H16Cl2O2/c1-6(2)8-9(13)11(15-4)7(3)12(16-5)10(8)14/h6H,1-5H3. The maximum absolute atomic E-state index is 6.28. The minimum atomic E-state index is 0.211. The molecule has 0 unspecified atom stereocenters. The van der Waals surface area contributed by atoms with E-state index in [-0.39, 0.29) is 5.92 Å². The fraction of sp³-hybridized carbons (Fsp3) is 0.500. The van der Waals surface area contributed by atoms with Crippen molar-refractivity contribution in [2.24, 2.45) is 0 Å². The number of rotatable bonds is 3. The largest absolute Gasteiger partial charge is 0.495 e. The molecule has 0 amide bonds. The molecule has 0 aliphatic carbocycles. The van der Waals surface area contributed by atoms with Gasteiger partial charge in [-0.25, -0.2) is 0 Å². The number of methoxy groups -OCH3 is 2. The quantitative estimate of drug-likeness (QED) is 0.802.